The van der Waals surface area contributed by atoms with Crippen molar-refractivity contribution in [2.45, 2.75) is 39.7 Å². The monoisotopic (exact) mass is 250 g/mol. The van der Waals surface area contributed by atoms with Crippen molar-refractivity contribution in [2.24, 2.45) is 5.92 Å². The Labute approximate surface area is 109 Å². The van der Waals surface area contributed by atoms with Gasteiger partial charge in [-0.2, -0.15) is 0 Å². The lowest BCUT2D eigenvalue weighted by Gasteiger charge is -2.18. The van der Waals surface area contributed by atoms with E-state index in [1.807, 2.05) is 20.0 Å². The first kappa shape index (κ1) is 14.6. The van der Waals surface area contributed by atoms with E-state index in [1.165, 1.54) is 0 Å². The molecule has 1 aromatic rings. The molecule has 0 radical (unpaired) electrons. The van der Waals surface area contributed by atoms with Crippen LogP contribution in [-0.4, -0.2) is 18.0 Å². The lowest BCUT2D eigenvalue weighted by atomic mass is 9.95. The largest absolute Gasteiger partial charge is 0.317 e. The zero-order valence-corrected chi connectivity index (χ0v) is 11.6. The van der Waals surface area contributed by atoms with E-state index in [1.54, 1.807) is 12.1 Å². The SMILES string of the molecule is CNC(Cc1cc(C)ccc1[N+](=O)[O-])CC(C)C. The fourth-order valence-corrected chi connectivity index (χ4v) is 2.19. The van der Waals surface area contributed by atoms with Crippen molar-refractivity contribution in [3.8, 4) is 0 Å². The number of nitro groups is 1. The first-order valence-corrected chi connectivity index (χ1v) is 6.35. The molecule has 0 fully saturated rings. The molecule has 1 rings (SSSR count). The number of nitro benzene ring substituents is 1. The van der Waals surface area contributed by atoms with Crippen LogP contribution in [0.3, 0.4) is 0 Å². The first-order valence-electron chi connectivity index (χ1n) is 6.35. The van der Waals surface area contributed by atoms with Gasteiger partial charge in [-0.1, -0.05) is 25.5 Å². The second-order valence-electron chi connectivity index (χ2n) is 5.21. The Balaban J connectivity index is 2.93. The van der Waals surface area contributed by atoms with Crippen LogP contribution >= 0.6 is 0 Å². The molecule has 0 aliphatic rings. The number of nitrogens with one attached hydrogen (secondary N) is 1. The fraction of sp³-hybridized carbons (Fsp3) is 0.571. The van der Waals surface area contributed by atoms with Gasteiger partial charge in [0.1, 0.15) is 0 Å². The van der Waals surface area contributed by atoms with E-state index in [0.717, 1.165) is 17.5 Å². The molecule has 0 aliphatic heterocycles. The van der Waals surface area contributed by atoms with E-state index in [9.17, 15) is 10.1 Å². The molecule has 1 aromatic carbocycles. The van der Waals surface area contributed by atoms with E-state index >= 15 is 0 Å². The minimum absolute atomic E-state index is 0.226. The third-order valence-electron chi connectivity index (χ3n) is 3.06. The van der Waals surface area contributed by atoms with Crippen LogP contribution in [0.1, 0.15) is 31.4 Å². The van der Waals surface area contributed by atoms with Crippen LogP contribution in [-0.2, 0) is 6.42 Å². The molecule has 4 nitrogen and oxygen atoms in total. The maximum absolute atomic E-state index is 11.0. The van der Waals surface area contributed by atoms with Crippen LogP contribution < -0.4 is 5.32 Å². The second-order valence-corrected chi connectivity index (χ2v) is 5.21. The number of likely N-dealkylation sites (N-methyl/N-ethyl adjacent to an activating group) is 1. The summed E-state index contributed by atoms with van der Waals surface area (Å²) in [6.07, 6.45) is 1.72. The summed E-state index contributed by atoms with van der Waals surface area (Å²) in [5, 5.41) is 14.3. The highest BCUT2D eigenvalue weighted by molar-refractivity contribution is 5.43. The zero-order valence-electron chi connectivity index (χ0n) is 11.6. The third-order valence-corrected chi connectivity index (χ3v) is 3.06. The van der Waals surface area contributed by atoms with Gasteiger partial charge >= 0.3 is 0 Å². The van der Waals surface area contributed by atoms with Gasteiger partial charge in [0.05, 0.1) is 4.92 Å². The first-order chi connectivity index (χ1) is 8.43. The highest BCUT2D eigenvalue weighted by Crippen LogP contribution is 2.22. The molecular weight excluding hydrogens is 228 g/mol. The topological polar surface area (TPSA) is 55.2 Å². The normalized spacial score (nSPS) is 12.7. The fourth-order valence-electron chi connectivity index (χ4n) is 2.19. The molecule has 0 amide bonds. The quantitative estimate of drug-likeness (QED) is 0.623. The smallest absolute Gasteiger partial charge is 0.272 e. The van der Waals surface area contributed by atoms with Crippen molar-refractivity contribution >= 4 is 5.69 Å². The molecule has 0 aliphatic carbocycles. The Morgan fingerprint density at radius 2 is 2.06 bits per heavy atom. The molecule has 1 unspecified atom stereocenters. The Hall–Kier alpha value is -1.42. The van der Waals surface area contributed by atoms with Gasteiger partial charge in [-0.25, -0.2) is 0 Å². The predicted octanol–water partition coefficient (Wildman–Crippen LogP) is 3.08. The summed E-state index contributed by atoms with van der Waals surface area (Å²) >= 11 is 0. The Kier molecular flexibility index (Phi) is 5.28. The van der Waals surface area contributed by atoms with E-state index in [-0.39, 0.29) is 16.7 Å². The van der Waals surface area contributed by atoms with Crippen molar-refractivity contribution in [2.75, 3.05) is 7.05 Å². The van der Waals surface area contributed by atoms with Crippen molar-refractivity contribution in [1.82, 2.24) is 5.32 Å². The van der Waals surface area contributed by atoms with Crippen LogP contribution in [0.5, 0.6) is 0 Å². The van der Waals surface area contributed by atoms with Gasteiger partial charge in [0.2, 0.25) is 0 Å². The van der Waals surface area contributed by atoms with E-state index in [0.29, 0.717) is 12.3 Å². The molecule has 1 N–H and O–H groups in total. The van der Waals surface area contributed by atoms with E-state index in [4.69, 9.17) is 0 Å². The van der Waals surface area contributed by atoms with Gasteiger partial charge < -0.3 is 5.32 Å². The molecule has 0 aromatic heterocycles. The van der Waals surface area contributed by atoms with Gasteiger partial charge in [0.15, 0.2) is 0 Å². The van der Waals surface area contributed by atoms with Crippen molar-refractivity contribution in [1.29, 1.82) is 0 Å². The number of rotatable bonds is 6. The minimum atomic E-state index is -0.295. The number of hydrogen-bond acceptors (Lipinski definition) is 3. The molecular formula is C14H22N2O2. The predicted molar refractivity (Wildman–Crippen MR) is 73.8 cm³/mol. The zero-order chi connectivity index (χ0) is 13.7. The highest BCUT2D eigenvalue weighted by atomic mass is 16.6. The summed E-state index contributed by atoms with van der Waals surface area (Å²) in [6.45, 7) is 6.29. The second kappa shape index (κ2) is 6.50. The summed E-state index contributed by atoms with van der Waals surface area (Å²) in [5.74, 6) is 0.575. The van der Waals surface area contributed by atoms with Crippen LogP contribution in [0.2, 0.25) is 0 Å². The number of hydrogen-bond donors (Lipinski definition) is 1. The van der Waals surface area contributed by atoms with Crippen LogP contribution in [0.15, 0.2) is 18.2 Å². The Morgan fingerprint density at radius 1 is 1.39 bits per heavy atom. The summed E-state index contributed by atoms with van der Waals surface area (Å²) in [4.78, 5) is 10.7. The van der Waals surface area contributed by atoms with Gasteiger partial charge in [-0.05, 0) is 38.8 Å². The molecule has 1 atom stereocenters. The van der Waals surface area contributed by atoms with Crippen molar-refractivity contribution in [3.05, 3.63) is 39.4 Å². The lowest BCUT2D eigenvalue weighted by molar-refractivity contribution is -0.385. The van der Waals surface area contributed by atoms with Crippen molar-refractivity contribution < 1.29 is 4.92 Å². The van der Waals surface area contributed by atoms with Gasteiger partial charge in [-0.15, -0.1) is 0 Å². The van der Waals surface area contributed by atoms with Crippen LogP contribution in [0.25, 0.3) is 0 Å². The molecule has 18 heavy (non-hydrogen) atoms. The number of aryl methyl sites for hydroxylation is 1. The van der Waals surface area contributed by atoms with Gasteiger partial charge in [0, 0.05) is 17.7 Å². The molecule has 4 heteroatoms. The standard InChI is InChI=1S/C14H22N2O2/c1-10(2)7-13(15-4)9-12-8-11(3)5-6-14(12)16(17)18/h5-6,8,10,13,15H,7,9H2,1-4H3. The molecule has 0 saturated heterocycles. The average molecular weight is 250 g/mol. The van der Waals surface area contributed by atoms with Gasteiger partial charge in [0.25, 0.3) is 5.69 Å². The molecule has 0 heterocycles. The highest BCUT2D eigenvalue weighted by Gasteiger charge is 2.17. The summed E-state index contributed by atoms with van der Waals surface area (Å²) in [7, 11) is 1.91. The minimum Gasteiger partial charge on any atom is -0.317 e. The molecule has 0 spiro atoms. The van der Waals surface area contributed by atoms with Gasteiger partial charge in [-0.3, -0.25) is 10.1 Å². The van der Waals surface area contributed by atoms with E-state index < -0.39 is 0 Å². The Morgan fingerprint density at radius 3 is 2.56 bits per heavy atom. The number of nitrogens with zero attached hydrogens (tertiary/aromatic N) is 1. The Bertz CT molecular complexity index is 416. The van der Waals surface area contributed by atoms with E-state index in [2.05, 4.69) is 19.2 Å². The maximum atomic E-state index is 11.0. The average Bonchev–Trinajstić information content (AvgIpc) is 2.27. The summed E-state index contributed by atoms with van der Waals surface area (Å²) in [5.41, 5.74) is 2.11. The van der Waals surface area contributed by atoms with Crippen molar-refractivity contribution in [3.63, 3.8) is 0 Å². The number of benzene rings is 1. The third kappa shape index (κ3) is 4.11. The molecule has 0 bridgehead atoms. The lowest BCUT2D eigenvalue weighted by Crippen LogP contribution is -2.29. The van der Waals surface area contributed by atoms with Crippen LogP contribution in [0.4, 0.5) is 5.69 Å². The maximum Gasteiger partial charge on any atom is 0.272 e. The summed E-state index contributed by atoms with van der Waals surface area (Å²) < 4.78 is 0. The molecule has 0 saturated carbocycles. The summed E-state index contributed by atoms with van der Waals surface area (Å²) in [6, 6.07) is 5.60. The van der Waals surface area contributed by atoms with Crippen LogP contribution in [0, 0.1) is 23.0 Å². The molecule has 100 valence electrons.